The van der Waals surface area contributed by atoms with Gasteiger partial charge in [-0.2, -0.15) is 0 Å². The number of non-ortho nitro benzene ring substituents is 1. The summed E-state index contributed by atoms with van der Waals surface area (Å²) in [5.41, 5.74) is -0.623. The van der Waals surface area contributed by atoms with Crippen molar-refractivity contribution in [2.75, 3.05) is 0 Å². The van der Waals surface area contributed by atoms with Crippen LogP contribution in [0.3, 0.4) is 0 Å². The van der Waals surface area contributed by atoms with Crippen LogP contribution in [-0.4, -0.2) is 30.2 Å². The van der Waals surface area contributed by atoms with E-state index >= 15 is 0 Å². The molecule has 0 aromatic heterocycles. The number of Topliss-reactive ketones (excluding diaryl/α,β-unsaturated/α-hetero) is 1. The summed E-state index contributed by atoms with van der Waals surface area (Å²) in [6.45, 7) is 0. The van der Waals surface area contributed by atoms with E-state index in [1.807, 2.05) is 0 Å². The van der Waals surface area contributed by atoms with E-state index in [1.54, 1.807) is 0 Å². The summed E-state index contributed by atoms with van der Waals surface area (Å²) in [5.74, 6) is -2.81. The van der Waals surface area contributed by atoms with Crippen LogP contribution in [0.1, 0.15) is 12.8 Å². The first-order chi connectivity index (χ1) is 10.7. The fourth-order valence-electron chi connectivity index (χ4n) is 3.11. The van der Waals surface area contributed by atoms with Crippen molar-refractivity contribution in [1.29, 1.82) is 0 Å². The van der Waals surface area contributed by atoms with Gasteiger partial charge >= 0.3 is 5.97 Å². The third-order valence-electron chi connectivity index (χ3n) is 4.25. The molecule has 0 heterocycles. The molecule has 0 saturated heterocycles. The van der Waals surface area contributed by atoms with Crippen LogP contribution < -0.4 is 0 Å². The molecule has 2 aliphatic rings. The number of benzene rings is 1. The molecule has 0 amide bonds. The first-order valence-corrected chi connectivity index (χ1v) is 8.20. The smallest absolute Gasteiger partial charge is 0.333 e. The standard InChI is InChI=1S/C14H11NO7S/c16-10-5-7-6-11(13(12(7)10)14(17)18)23(21,22)9-3-1-8(2-4-9)15(19)20/h1-4,7,12H,5-6H2,(H,17,18). The van der Waals surface area contributed by atoms with Gasteiger partial charge in [0.2, 0.25) is 9.84 Å². The lowest BCUT2D eigenvalue weighted by Gasteiger charge is -2.29. The van der Waals surface area contributed by atoms with E-state index < -0.39 is 26.6 Å². The number of carboxylic acid groups (broad SMARTS) is 1. The molecule has 2 aliphatic carbocycles. The molecule has 3 rings (SSSR count). The van der Waals surface area contributed by atoms with Gasteiger partial charge in [-0.15, -0.1) is 0 Å². The zero-order chi connectivity index (χ0) is 16.9. The monoisotopic (exact) mass is 337 g/mol. The highest BCUT2D eigenvalue weighted by Crippen LogP contribution is 2.50. The number of nitro benzene ring substituents is 1. The molecule has 0 aliphatic heterocycles. The van der Waals surface area contributed by atoms with Gasteiger partial charge in [0, 0.05) is 18.6 Å². The molecule has 9 heteroatoms. The Kier molecular flexibility index (Phi) is 3.33. The normalized spacial score (nSPS) is 23.4. The number of hydrogen-bond acceptors (Lipinski definition) is 6. The van der Waals surface area contributed by atoms with Crippen molar-refractivity contribution in [3.8, 4) is 0 Å². The van der Waals surface area contributed by atoms with Crippen molar-refractivity contribution in [3.63, 3.8) is 0 Å². The van der Waals surface area contributed by atoms with Crippen LogP contribution in [-0.2, 0) is 19.4 Å². The minimum absolute atomic E-state index is 0.0113. The highest BCUT2D eigenvalue weighted by Gasteiger charge is 2.53. The molecule has 8 nitrogen and oxygen atoms in total. The molecule has 0 spiro atoms. The lowest BCUT2D eigenvalue weighted by molar-refractivity contribution is -0.384. The second-order valence-corrected chi connectivity index (χ2v) is 7.48. The second-order valence-electron chi connectivity index (χ2n) is 5.51. The van der Waals surface area contributed by atoms with Crippen LogP contribution in [0.15, 0.2) is 39.6 Å². The van der Waals surface area contributed by atoms with Crippen LogP contribution in [0.2, 0.25) is 0 Å². The van der Waals surface area contributed by atoms with Crippen molar-refractivity contribution in [1.82, 2.24) is 0 Å². The number of aliphatic carboxylic acids is 1. The number of ketones is 1. The molecule has 1 saturated carbocycles. The number of carbonyl (C=O) groups is 2. The fourth-order valence-corrected chi connectivity index (χ4v) is 4.83. The predicted molar refractivity (Wildman–Crippen MR) is 76.2 cm³/mol. The molecule has 0 radical (unpaired) electrons. The number of carbonyl (C=O) groups excluding carboxylic acids is 1. The molecule has 1 aromatic rings. The van der Waals surface area contributed by atoms with Crippen LogP contribution >= 0.6 is 0 Å². The van der Waals surface area contributed by atoms with Gasteiger partial charge in [-0.25, -0.2) is 13.2 Å². The number of fused-ring (bicyclic) bond motifs is 1. The average molecular weight is 337 g/mol. The second kappa shape index (κ2) is 4.98. The molecule has 1 N–H and O–H groups in total. The number of hydrogen-bond donors (Lipinski definition) is 1. The lowest BCUT2D eigenvalue weighted by Crippen LogP contribution is -2.36. The topological polar surface area (TPSA) is 132 Å². The van der Waals surface area contributed by atoms with Crippen molar-refractivity contribution < 1.29 is 28.0 Å². The molecular weight excluding hydrogens is 326 g/mol. The van der Waals surface area contributed by atoms with Crippen LogP contribution in [0.25, 0.3) is 0 Å². The first kappa shape index (κ1) is 15.3. The summed E-state index contributed by atoms with van der Waals surface area (Å²) in [5, 5.41) is 19.9. The Bertz CT molecular complexity index is 867. The van der Waals surface area contributed by atoms with Gasteiger partial charge in [0.05, 0.1) is 26.2 Å². The van der Waals surface area contributed by atoms with E-state index in [4.69, 9.17) is 0 Å². The van der Waals surface area contributed by atoms with Gasteiger partial charge in [-0.3, -0.25) is 14.9 Å². The van der Waals surface area contributed by atoms with Crippen LogP contribution in [0.4, 0.5) is 5.69 Å². The van der Waals surface area contributed by atoms with E-state index in [1.165, 1.54) is 0 Å². The third kappa shape index (κ3) is 2.24. The predicted octanol–water partition coefficient (Wildman–Crippen LogP) is 1.32. The number of allylic oxidation sites excluding steroid dienone is 1. The maximum atomic E-state index is 12.7. The molecule has 120 valence electrons. The van der Waals surface area contributed by atoms with Crippen molar-refractivity contribution in [3.05, 3.63) is 44.9 Å². The van der Waals surface area contributed by atoms with Gasteiger partial charge in [0.1, 0.15) is 5.78 Å². The van der Waals surface area contributed by atoms with Gasteiger partial charge < -0.3 is 5.11 Å². The molecule has 2 unspecified atom stereocenters. The maximum Gasteiger partial charge on any atom is 0.333 e. The summed E-state index contributed by atoms with van der Waals surface area (Å²) in [4.78, 5) is 32.5. The fraction of sp³-hybridized carbons (Fsp3) is 0.286. The third-order valence-corrected chi connectivity index (χ3v) is 6.18. The lowest BCUT2D eigenvalue weighted by atomic mass is 9.72. The summed E-state index contributed by atoms with van der Waals surface area (Å²) >= 11 is 0. The zero-order valence-electron chi connectivity index (χ0n) is 11.6. The number of nitro groups is 1. The van der Waals surface area contributed by atoms with Gasteiger partial charge in [-0.1, -0.05) is 0 Å². The average Bonchev–Trinajstić information content (AvgIpc) is 2.81. The van der Waals surface area contributed by atoms with E-state index in [2.05, 4.69) is 0 Å². The summed E-state index contributed by atoms with van der Waals surface area (Å²) in [6.07, 6.45) is 0.193. The SMILES string of the molecule is O=C(O)C1=C(S(=O)(=O)c2ccc([N+](=O)[O-])cc2)CC2CC(=O)C12. The minimum atomic E-state index is -4.10. The first-order valence-electron chi connectivity index (χ1n) is 6.72. The molecule has 23 heavy (non-hydrogen) atoms. The van der Waals surface area contributed by atoms with E-state index in [0.717, 1.165) is 24.3 Å². The largest absolute Gasteiger partial charge is 0.478 e. The summed E-state index contributed by atoms with van der Waals surface area (Å²) in [6, 6.07) is 4.23. The van der Waals surface area contributed by atoms with E-state index in [9.17, 15) is 33.2 Å². The molecule has 2 atom stereocenters. The van der Waals surface area contributed by atoms with E-state index in [0.29, 0.717) is 0 Å². The van der Waals surface area contributed by atoms with Crippen LogP contribution in [0, 0.1) is 22.0 Å². The van der Waals surface area contributed by atoms with Crippen molar-refractivity contribution in [2.45, 2.75) is 17.7 Å². The Morgan fingerprint density at radius 3 is 2.30 bits per heavy atom. The van der Waals surface area contributed by atoms with Crippen molar-refractivity contribution >= 4 is 27.3 Å². The number of carboxylic acids is 1. The highest BCUT2D eigenvalue weighted by molar-refractivity contribution is 7.95. The Labute approximate surface area is 130 Å². The quantitative estimate of drug-likeness (QED) is 0.647. The maximum absolute atomic E-state index is 12.7. The van der Waals surface area contributed by atoms with Gasteiger partial charge in [0.15, 0.2) is 0 Å². The molecular formula is C14H11NO7S. The zero-order valence-corrected chi connectivity index (χ0v) is 12.4. The number of sulfone groups is 1. The Morgan fingerprint density at radius 1 is 1.22 bits per heavy atom. The van der Waals surface area contributed by atoms with Gasteiger partial charge in [0.25, 0.3) is 5.69 Å². The Hall–Kier alpha value is -2.55. The van der Waals surface area contributed by atoms with Crippen molar-refractivity contribution in [2.24, 2.45) is 11.8 Å². The minimum Gasteiger partial charge on any atom is -0.478 e. The highest BCUT2D eigenvalue weighted by atomic mass is 32.2. The Morgan fingerprint density at radius 2 is 1.83 bits per heavy atom. The molecule has 1 fully saturated rings. The molecule has 1 aromatic carbocycles. The molecule has 0 bridgehead atoms. The van der Waals surface area contributed by atoms with Crippen LogP contribution in [0.5, 0.6) is 0 Å². The Balaban J connectivity index is 2.08. The summed E-state index contributed by atoms with van der Waals surface area (Å²) < 4.78 is 25.3. The van der Waals surface area contributed by atoms with E-state index in [-0.39, 0.29) is 45.6 Å². The van der Waals surface area contributed by atoms with Gasteiger partial charge in [-0.05, 0) is 24.5 Å². The number of nitrogens with zero attached hydrogens (tertiary/aromatic N) is 1. The summed E-state index contributed by atoms with van der Waals surface area (Å²) in [7, 11) is -4.10. The number of rotatable bonds is 4.